The summed E-state index contributed by atoms with van der Waals surface area (Å²) in [7, 11) is 0. The summed E-state index contributed by atoms with van der Waals surface area (Å²) in [6.07, 6.45) is 9.26. The normalized spacial score (nSPS) is 14.5. The van der Waals surface area contributed by atoms with Crippen LogP contribution in [0.4, 0.5) is 0 Å². The van der Waals surface area contributed by atoms with Crippen molar-refractivity contribution in [1.29, 1.82) is 0 Å². The molecule has 7 nitrogen and oxygen atoms in total. The van der Waals surface area contributed by atoms with Crippen LogP contribution in [0.25, 0.3) is 21.1 Å². The summed E-state index contributed by atoms with van der Waals surface area (Å²) >= 11 is 1.53. The minimum absolute atomic E-state index is 0.343. The van der Waals surface area contributed by atoms with Crippen LogP contribution in [0, 0.1) is 0 Å². The highest BCUT2D eigenvalue weighted by Gasteiger charge is 2.22. The van der Waals surface area contributed by atoms with Gasteiger partial charge in [-0.15, -0.1) is 11.3 Å². The van der Waals surface area contributed by atoms with Crippen molar-refractivity contribution in [3.63, 3.8) is 0 Å². The second-order valence-electron chi connectivity index (χ2n) is 5.40. The fourth-order valence-electron chi connectivity index (χ4n) is 2.43. The molecule has 130 valence electrons. The summed E-state index contributed by atoms with van der Waals surface area (Å²) in [5.41, 5.74) is 3.02. The summed E-state index contributed by atoms with van der Waals surface area (Å²) in [6, 6.07) is 3.86. The van der Waals surface area contributed by atoms with Gasteiger partial charge in [0.1, 0.15) is 23.0 Å². The van der Waals surface area contributed by atoms with Crippen LogP contribution in [0.2, 0.25) is 0 Å². The number of rotatable bonds is 5. The quantitative estimate of drug-likeness (QED) is 0.392. The van der Waals surface area contributed by atoms with Crippen molar-refractivity contribution in [3.05, 3.63) is 55.3 Å². The molecule has 3 aromatic rings. The molecular formula is C18H15N5O2S. The third kappa shape index (κ3) is 3.31. The maximum atomic E-state index is 5.57. The lowest BCUT2D eigenvalue weighted by Gasteiger charge is -2.16. The van der Waals surface area contributed by atoms with Gasteiger partial charge in [0.15, 0.2) is 5.69 Å². The molecule has 0 aliphatic carbocycles. The van der Waals surface area contributed by atoms with E-state index < -0.39 is 0 Å². The molecule has 0 amide bonds. The Balaban J connectivity index is 1.67. The minimum atomic E-state index is 0.343. The van der Waals surface area contributed by atoms with Crippen molar-refractivity contribution >= 4 is 17.0 Å². The number of pyridine rings is 1. The third-order valence-electron chi connectivity index (χ3n) is 3.62. The van der Waals surface area contributed by atoms with Gasteiger partial charge in [0.05, 0.1) is 17.7 Å². The first kappa shape index (κ1) is 16.3. The molecule has 0 spiro atoms. The third-order valence-corrected chi connectivity index (χ3v) is 4.69. The van der Waals surface area contributed by atoms with Gasteiger partial charge in [-0.05, 0) is 12.1 Å². The van der Waals surface area contributed by atoms with Crippen LogP contribution < -0.4 is 4.74 Å². The van der Waals surface area contributed by atoms with E-state index in [-0.39, 0.29) is 0 Å². The molecule has 0 saturated carbocycles. The number of aromatic nitrogens is 4. The highest BCUT2D eigenvalue weighted by molar-refractivity contribution is 7.18. The second-order valence-corrected chi connectivity index (χ2v) is 6.43. The Morgan fingerprint density at radius 1 is 1.31 bits per heavy atom. The average Bonchev–Trinajstić information content (AvgIpc) is 3.19. The van der Waals surface area contributed by atoms with Gasteiger partial charge in [-0.3, -0.25) is 4.98 Å². The molecule has 0 atom stereocenters. The molecule has 0 radical (unpaired) electrons. The highest BCUT2D eigenvalue weighted by Crippen LogP contribution is 2.32. The van der Waals surface area contributed by atoms with Gasteiger partial charge in [0, 0.05) is 30.6 Å². The van der Waals surface area contributed by atoms with Crippen LogP contribution in [0.1, 0.15) is 12.1 Å². The van der Waals surface area contributed by atoms with Crippen LogP contribution in [0.3, 0.4) is 0 Å². The molecule has 1 aliphatic heterocycles. The number of hydrogen-bond acceptors (Lipinski definition) is 8. The molecular weight excluding hydrogens is 350 g/mol. The van der Waals surface area contributed by atoms with E-state index >= 15 is 0 Å². The van der Waals surface area contributed by atoms with E-state index in [1.165, 1.54) is 11.3 Å². The van der Waals surface area contributed by atoms with Crippen molar-refractivity contribution in [3.8, 4) is 27.0 Å². The standard InChI is InChI=1S/C18H15N5O2S/c1-2-7-25-23-13-5-8-24-17-16(13)22-14(10-20-17)15-11-21-18(26-15)12-4-3-6-19-9-12/h2-4,6,9-11H,1,5,7-8H2. The molecule has 0 saturated heterocycles. The van der Waals surface area contributed by atoms with Gasteiger partial charge < -0.3 is 9.57 Å². The number of nitrogens with zero attached hydrogens (tertiary/aromatic N) is 5. The van der Waals surface area contributed by atoms with Crippen LogP contribution in [0.15, 0.2) is 54.7 Å². The molecule has 4 rings (SSSR count). The zero-order chi connectivity index (χ0) is 17.8. The highest BCUT2D eigenvalue weighted by atomic mass is 32.1. The lowest BCUT2D eigenvalue weighted by atomic mass is 10.1. The fraction of sp³-hybridized carbons (Fsp3) is 0.167. The Morgan fingerprint density at radius 2 is 2.27 bits per heavy atom. The second kappa shape index (κ2) is 7.40. The minimum Gasteiger partial charge on any atom is -0.476 e. The van der Waals surface area contributed by atoms with Crippen molar-refractivity contribution in [2.45, 2.75) is 6.42 Å². The van der Waals surface area contributed by atoms with E-state index in [2.05, 4.69) is 31.7 Å². The number of oxime groups is 1. The number of hydrogen-bond donors (Lipinski definition) is 0. The van der Waals surface area contributed by atoms with Crippen molar-refractivity contribution in [2.75, 3.05) is 13.2 Å². The van der Waals surface area contributed by atoms with E-state index in [0.717, 1.165) is 26.9 Å². The van der Waals surface area contributed by atoms with Crippen LogP contribution in [0.5, 0.6) is 5.88 Å². The Kier molecular flexibility index (Phi) is 4.65. The van der Waals surface area contributed by atoms with Gasteiger partial charge in [0.2, 0.25) is 5.88 Å². The Labute approximate surface area is 154 Å². The van der Waals surface area contributed by atoms with Crippen LogP contribution in [-0.2, 0) is 4.84 Å². The zero-order valence-corrected chi connectivity index (χ0v) is 14.6. The molecule has 0 fully saturated rings. The average molecular weight is 365 g/mol. The molecule has 0 N–H and O–H groups in total. The number of fused-ring (bicyclic) bond motifs is 1. The van der Waals surface area contributed by atoms with E-state index in [1.807, 2.05) is 12.1 Å². The molecule has 4 heterocycles. The molecule has 8 heteroatoms. The monoisotopic (exact) mass is 365 g/mol. The van der Waals surface area contributed by atoms with Crippen LogP contribution >= 0.6 is 11.3 Å². The Bertz CT molecular complexity index is 955. The predicted molar refractivity (Wildman–Crippen MR) is 99.2 cm³/mol. The molecule has 1 aliphatic rings. The van der Waals surface area contributed by atoms with E-state index in [9.17, 15) is 0 Å². The van der Waals surface area contributed by atoms with E-state index in [4.69, 9.17) is 9.57 Å². The fourth-order valence-corrected chi connectivity index (χ4v) is 3.29. The number of ether oxygens (including phenoxy) is 1. The Hall–Kier alpha value is -3.13. The van der Waals surface area contributed by atoms with E-state index in [1.54, 1.807) is 30.9 Å². The first-order valence-corrected chi connectivity index (χ1v) is 8.83. The lowest BCUT2D eigenvalue weighted by Crippen LogP contribution is -2.19. The SMILES string of the molecule is C=CCON=C1CCOc2ncc(-c3cnc(-c4cccnc4)s3)nc21. The van der Waals surface area contributed by atoms with Crippen molar-refractivity contribution < 1.29 is 9.57 Å². The first-order valence-electron chi connectivity index (χ1n) is 8.01. The largest absolute Gasteiger partial charge is 0.476 e. The summed E-state index contributed by atoms with van der Waals surface area (Å²) < 4.78 is 5.57. The van der Waals surface area contributed by atoms with Crippen molar-refractivity contribution in [1.82, 2.24) is 19.9 Å². The molecule has 26 heavy (non-hydrogen) atoms. The smallest absolute Gasteiger partial charge is 0.242 e. The summed E-state index contributed by atoms with van der Waals surface area (Å²) in [6.45, 7) is 4.46. The number of thiazole rings is 1. The summed E-state index contributed by atoms with van der Waals surface area (Å²) in [4.78, 5) is 23.8. The van der Waals surface area contributed by atoms with Gasteiger partial charge in [-0.2, -0.15) is 0 Å². The summed E-state index contributed by atoms with van der Waals surface area (Å²) in [5.74, 6) is 0.470. The predicted octanol–water partition coefficient (Wildman–Crippen LogP) is 3.35. The zero-order valence-electron chi connectivity index (χ0n) is 13.8. The van der Waals surface area contributed by atoms with E-state index in [0.29, 0.717) is 31.2 Å². The molecule has 0 bridgehead atoms. The van der Waals surface area contributed by atoms with Gasteiger partial charge >= 0.3 is 0 Å². The first-order chi connectivity index (χ1) is 12.8. The Morgan fingerprint density at radius 3 is 3.12 bits per heavy atom. The van der Waals surface area contributed by atoms with Crippen molar-refractivity contribution in [2.24, 2.45) is 5.16 Å². The molecule has 0 unspecified atom stereocenters. The molecule has 3 aromatic heterocycles. The van der Waals surface area contributed by atoms with Gasteiger partial charge in [-0.25, -0.2) is 15.0 Å². The maximum absolute atomic E-state index is 5.57. The van der Waals surface area contributed by atoms with Crippen LogP contribution in [-0.4, -0.2) is 38.9 Å². The topological polar surface area (TPSA) is 82.4 Å². The lowest BCUT2D eigenvalue weighted by molar-refractivity contribution is 0.172. The van der Waals surface area contributed by atoms with Gasteiger partial charge in [-0.1, -0.05) is 17.8 Å². The summed E-state index contributed by atoms with van der Waals surface area (Å²) in [5, 5.41) is 5.03. The maximum Gasteiger partial charge on any atom is 0.242 e. The molecule has 0 aromatic carbocycles. The van der Waals surface area contributed by atoms with Gasteiger partial charge in [0.25, 0.3) is 0 Å².